The molecule has 3 rings (SSSR count). The number of non-ortho nitro benzene ring substituents is 1. The van der Waals surface area contributed by atoms with Gasteiger partial charge in [-0.2, -0.15) is 11.3 Å². The average molecular weight is 358 g/mol. The van der Waals surface area contributed by atoms with Crippen LogP contribution in [0.25, 0.3) is 0 Å². The zero-order valence-corrected chi connectivity index (χ0v) is 14.2. The van der Waals surface area contributed by atoms with Crippen molar-refractivity contribution < 1.29 is 9.72 Å². The van der Waals surface area contributed by atoms with Crippen molar-refractivity contribution in [2.45, 2.75) is 12.5 Å². The molecule has 1 N–H and O–H groups in total. The lowest BCUT2D eigenvalue weighted by Gasteiger charge is -2.18. The molecule has 2 aromatic heterocycles. The Morgan fingerprint density at radius 3 is 2.54 bits per heavy atom. The number of ketones is 1. The summed E-state index contributed by atoms with van der Waals surface area (Å²) in [7, 11) is 0. The van der Waals surface area contributed by atoms with Crippen molar-refractivity contribution in [2.24, 2.45) is 0 Å². The number of thiophene rings is 2. The largest absolute Gasteiger partial charge is 0.378 e. The molecule has 0 fully saturated rings. The molecule has 3 aromatic rings. The molecule has 2 heterocycles. The first-order valence-corrected chi connectivity index (χ1v) is 9.05. The number of benzene rings is 1. The summed E-state index contributed by atoms with van der Waals surface area (Å²) in [5.74, 6) is 0.0793. The Kier molecular flexibility index (Phi) is 5.02. The number of hydrogen-bond donors (Lipinski definition) is 1. The molecule has 1 aromatic carbocycles. The first-order valence-electron chi connectivity index (χ1n) is 7.23. The van der Waals surface area contributed by atoms with Gasteiger partial charge in [-0.1, -0.05) is 6.07 Å². The van der Waals surface area contributed by atoms with E-state index < -0.39 is 4.92 Å². The van der Waals surface area contributed by atoms with Crippen LogP contribution in [0.5, 0.6) is 0 Å². The zero-order valence-electron chi connectivity index (χ0n) is 12.5. The monoisotopic (exact) mass is 358 g/mol. The van der Waals surface area contributed by atoms with Gasteiger partial charge in [-0.15, -0.1) is 11.3 Å². The summed E-state index contributed by atoms with van der Waals surface area (Å²) < 4.78 is 0. The second-order valence-corrected chi connectivity index (χ2v) is 6.89. The van der Waals surface area contributed by atoms with Crippen molar-refractivity contribution in [1.82, 2.24) is 0 Å². The first kappa shape index (κ1) is 16.4. The third kappa shape index (κ3) is 3.87. The van der Waals surface area contributed by atoms with Crippen LogP contribution in [0, 0.1) is 10.1 Å². The molecule has 7 heteroatoms. The van der Waals surface area contributed by atoms with Gasteiger partial charge in [-0.3, -0.25) is 14.9 Å². The number of nitro benzene ring substituents is 1. The number of rotatable bonds is 7. The van der Waals surface area contributed by atoms with Crippen LogP contribution in [0.2, 0.25) is 0 Å². The van der Waals surface area contributed by atoms with Crippen LogP contribution in [0.4, 0.5) is 11.4 Å². The lowest BCUT2D eigenvalue weighted by Crippen LogP contribution is -2.14. The van der Waals surface area contributed by atoms with E-state index in [4.69, 9.17) is 0 Å². The molecule has 0 amide bonds. The Balaban J connectivity index is 1.78. The van der Waals surface area contributed by atoms with E-state index in [0.717, 1.165) is 16.1 Å². The van der Waals surface area contributed by atoms with Gasteiger partial charge in [-0.05, 0) is 46.0 Å². The maximum absolute atomic E-state index is 12.4. The number of nitro groups is 1. The van der Waals surface area contributed by atoms with E-state index in [2.05, 4.69) is 5.32 Å². The number of nitrogens with one attached hydrogen (secondary N) is 1. The van der Waals surface area contributed by atoms with E-state index in [1.165, 1.54) is 23.5 Å². The van der Waals surface area contributed by atoms with Crippen LogP contribution in [-0.2, 0) is 0 Å². The summed E-state index contributed by atoms with van der Waals surface area (Å²) in [6.45, 7) is 0. The third-order valence-electron chi connectivity index (χ3n) is 3.55. The molecule has 0 saturated heterocycles. The van der Waals surface area contributed by atoms with Gasteiger partial charge in [0.05, 0.1) is 15.8 Å². The van der Waals surface area contributed by atoms with Gasteiger partial charge in [0.1, 0.15) is 0 Å². The van der Waals surface area contributed by atoms with Gasteiger partial charge in [-0.25, -0.2) is 0 Å². The maximum atomic E-state index is 12.4. The smallest absolute Gasteiger partial charge is 0.269 e. The molecule has 0 spiro atoms. The van der Waals surface area contributed by atoms with Crippen LogP contribution in [0.15, 0.2) is 58.6 Å². The van der Waals surface area contributed by atoms with E-state index in [0.29, 0.717) is 6.42 Å². The lowest BCUT2D eigenvalue weighted by atomic mass is 10.0. The molecule has 0 aliphatic heterocycles. The summed E-state index contributed by atoms with van der Waals surface area (Å²) in [5.41, 5.74) is 1.82. The van der Waals surface area contributed by atoms with Crippen molar-refractivity contribution in [3.8, 4) is 0 Å². The first-order chi connectivity index (χ1) is 11.6. The molecular formula is C17H14N2O3S2. The fourth-order valence-corrected chi connectivity index (χ4v) is 3.72. The number of carbonyl (C=O) groups is 1. The molecule has 24 heavy (non-hydrogen) atoms. The van der Waals surface area contributed by atoms with Gasteiger partial charge in [0.25, 0.3) is 5.69 Å². The topological polar surface area (TPSA) is 72.2 Å². The fourth-order valence-electron chi connectivity index (χ4n) is 2.33. The predicted molar refractivity (Wildman–Crippen MR) is 97.0 cm³/mol. The molecule has 0 aliphatic rings. The molecule has 122 valence electrons. The summed E-state index contributed by atoms with van der Waals surface area (Å²) in [4.78, 5) is 23.5. The van der Waals surface area contributed by atoms with E-state index in [1.807, 2.05) is 34.3 Å². The highest BCUT2D eigenvalue weighted by Gasteiger charge is 2.18. The second kappa shape index (κ2) is 7.37. The SMILES string of the molecule is O=C(CC(Nc1ccc([N+](=O)[O-])cc1)c1ccsc1)c1cccs1. The van der Waals surface area contributed by atoms with Gasteiger partial charge >= 0.3 is 0 Å². The van der Waals surface area contributed by atoms with E-state index in [9.17, 15) is 14.9 Å². The highest BCUT2D eigenvalue weighted by atomic mass is 32.1. The Morgan fingerprint density at radius 1 is 1.17 bits per heavy atom. The standard InChI is InChI=1S/C17H14N2O3S2/c20-16(17-2-1-8-24-17)10-15(12-7-9-23-11-12)18-13-3-5-14(6-4-13)19(21)22/h1-9,11,15,18H,10H2. The van der Waals surface area contributed by atoms with Crippen molar-refractivity contribution >= 4 is 39.8 Å². The molecule has 0 radical (unpaired) electrons. The Bertz CT molecular complexity index is 812. The predicted octanol–water partition coefficient (Wildman–Crippen LogP) is 5.14. The molecule has 5 nitrogen and oxygen atoms in total. The molecule has 0 aliphatic carbocycles. The highest BCUT2D eigenvalue weighted by molar-refractivity contribution is 7.12. The van der Waals surface area contributed by atoms with E-state index in [-0.39, 0.29) is 17.5 Å². The van der Waals surface area contributed by atoms with Gasteiger partial charge in [0.15, 0.2) is 5.78 Å². The van der Waals surface area contributed by atoms with Crippen LogP contribution >= 0.6 is 22.7 Å². The minimum atomic E-state index is -0.430. The highest BCUT2D eigenvalue weighted by Crippen LogP contribution is 2.28. The minimum Gasteiger partial charge on any atom is -0.378 e. The summed E-state index contributed by atoms with van der Waals surface area (Å²) in [6, 6.07) is 11.7. The normalized spacial score (nSPS) is 11.8. The molecule has 0 saturated carbocycles. The number of carbonyl (C=O) groups excluding carboxylic acids is 1. The maximum Gasteiger partial charge on any atom is 0.269 e. The van der Waals surface area contributed by atoms with Crippen molar-refractivity contribution in [2.75, 3.05) is 5.32 Å². The van der Waals surface area contributed by atoms with Gasteiger partial charge in [0, 0.05) is 24.2 Å². The van der Waals surface area contributed by atoms with Crippen molar-refractivity contribution in [1.29, 1.82) is 0 Å². The van der Waals surface area contributed by atoms with E-state index >= 15 is 0 Å². The number of Topliss-reactive ketones (excluding diaryl/α,β-unsaturated/α-hetero) is 1. The van der Waals surface area contributed by atoms with Crippen LogP contribution in [0.3, 0.4) is 0 Å². The van der Waals surface area contributed by atoms with Crippen LogP contribution in [-0.4, -0.2) is 10.7 Å². The third-order valence-corrected chi connectivity index (χ3v) is 5.16. The molecular weight excluding hydrogens is 344 g/mol. The fraction of sp³-hybridized carbons (Fsp3) is 0.118. The Hall–Kier alpha value is -2.51. The van der Waals surface area contributed by atoms with Crippen molar-refractivity contribution in [3.63, 3.8) is 0 Å². The molecule has 0 bridgehead atoms. The Labute approximate surface area is 146 Å². The van der Waals surface area contributed by atoms with Crippen molar-refractivity contribution in [3.05, 3.63) is 79.2 Å². The van der Waals surface area contributed by atoms with Crippen LogP contribution in [0.1, 0.15) is 27.7 Å². The quantitative estimate of drug-likeness (QED) is 0.360. The minimum absolute atomic E-state index is 0.0438. The number of hydrogen-bond acceptors (Lipinski definition) is 6. The zero-order chi connectivity index (χ0) is 16.9. The molecule has 1 unspecified atom stereocenters. The van der Waals surface area contributed by atoms with Gasteiger partial charge in [0.2, 0.25) is 0 Å². The second-order valence-electron chi connectivity index (χ2n) is 5.16. The Morgan fingerprint density at radius 2 is 1.96 bits per heavy atom. The average Bonchev–Trinajstić information content (AvgIpc) is 3.28. The molecule has 1 atom stereocenters. The summed E-state index contributed by atoms with van der Waals surface area (Å²) >= 11 is 3.00. The van der Waals surface area contributed by atoms with Gasteiger partial charge < -0.3 is 5.32 Å². The lowest BCUT2D eigenvalue weighted by molar-refractivity contribution is -0.384. The summed E-state index contributed by atoms with van der Waals surface area (Å²) in [5, 5.41) is 19.9. The van der Waals surface area contributed by atoms with E-state index in [1.54, 1.807) is 23.5 Å². The van der Waals surface area contributed by atoms with Crippen LogP contribution < -0.4 is 5.32 Å². The number of nitrogens with zero attached hydrogens (tertiary/aromatic N) is 1. The number of anilines is 1. The summed E-state index contributed by atoms with van der Waals surface area (Å²) in [6.07, 6.45) is 0.328.